The van der Waals surface area contributed by atoms with Gasteiger partial charge in [0.25, 0.3) is 0 Å². The fourth-order valence-electron chi connectivity index (χ4n) is 3.63. The molecule has 0 aliphatic rings. The Hall–Kier alpha value is -3.55. The van der Waals surface area contributed by atoms with Gasteiger partial charge >= 0.3 is 0 Å². The van der Waals surface area contributed by atoms with Gasteiger partial charge in [0.05, 0.1) is 6.26 Å². The molecule has 0 fully saturated rings. The number of hydrogen-bond acceptors (Lipinski definition) is 4. The van der Waals surface area contributed by atoms with Crippen molar-refractivity contribution in [3.8, 4) is 11.6 Å². The summed E-state index contributed by atoms with van der Waals surface area (Å²) >= 11 is 0. The van der Waals surface area contributed by atoms with E-state index in [4.69, 9.17) is 4.42 Å². The summed E-state index contributed by atoms with van der Waals surface area (Å²) in [5.74, 6) is 2.82. The first kappa shape index (κ1) is 20.7. The van der Waals surface area contributed by atoms with E-state index in [-0.39, 0.29) is 0 Å². The predicted octanol–water partition coefficient (Wildman–Crippen LogP) is 3.45. The maximum absolute atomic E-state index is 5.33. The van der Waals surface area contributed by atoms with E-state index in [1.54, 1.807) is 6.26 Å². The van der Waals surface area contributed by atoms with Crippen LogP contribution in [0.2, 0.25) is 0 Å². The smallest absolute Gasteiger partial charge is 0.216 e. The number of aromatic nitrogens is 4. The summed E-state index contributed by atoms with van der Waals surface area (Å²) < 4.78 is 5.33. The zero-order valence-electron chi connectivity index (χ0n) is 18.0. The maximum atomic E-state index is 5.33. The van der Waals surface area contributed by atoms with Crippen LogP contribution in [0.25, 0.3) is 22.5 Å². The van der Waals surface area contributed by atoms with E-state index in [0.29, 0.717) is 24.6 Å². The van der Waals surface area contributed by atoms with E-state index in [9.17, 15) is 0 Å². The fourth-order valence-corrected chi connectivity index (χ4v) is 3.63. The number of aryl methyl sites for hydroxylation is 1. The Balaban J connectivity index is 1.31. The van der Waals surface area contributed by atoms with Gasteiger partial charge in [-0.15, -0.1) is 0 Å². The van der Waals surface area contributed by atoms with Gasteiger partial charge in [-0.3, -0.25) is 10.1 Å². The molecule has 0 amide bonds. The van der Waals surface area contributed by atoms with Crippen molar-refractivity contribution in [2.24, 2.45) is 4.99 Å². The Morgan fingerprint density at radius 2 is 2.03 bits per heavy atom. The minimum absolute atomic E-state index is 0.568. The molecule has 0 bridgehead atoms. The molecule has 0 saturated carbocycles. The summed E-state index contributed by atoms with van der Waals surface area (Å²) in [6.45, 7) is 6.47. The van der Waals surface area contributed by atoms with E-state index < -0.39 is 0 Å². The Bertz CT molecular complexity index is 1120. The van der Waals surface area contributed by atoms with Crippen LogP contribution in [0.4, 0.5) is 0 Å². The third kappa shape index (κ3) is 4.96. The van der Waals surface area contributed by atoms with Crippen LogP contribution >= 0.6 is 0 Å². The van der Waals surface area contributed by atoms with Gasteiger partial charge in [-0.2, -0.15) is 5.10 Å². The number of furan rings is 1. The van der Waals surface area contributed by atoms with Crippen molar-refractivity contribution in [1.29, 1.82) is 0 Å². The van der Waals surface area contributed by atoms with E-state index >= 15 is 0 Å². The van der Waals surface area contributed by atoms with E-state index in [2.05, 4.69) is 74.0 Å². The second-order valence-corrected chi connectivity index (χ2v) is 7.28. The van der Waals surface area contributed by atoms with Crippen molar-refractivity contribution in [3.05, 3.63) is 59.7 Å². The molecule has 8 nitrogen and oxygen atoms in total. The van der Waals surface area contributed by atoms with Crippen LogP contribution < -0.4 is 10.6 Å². The molecule has 4 rings (SSSR count). The molecule has 0 aliphatic heterocycles. The van der Waals surface area contributed by atoms with E-state index in [1.807, 2.05) is 12.1 Å². The maximum Gasteiger partial charge on any atom is 0.216 e. The number of aromatic amines is 2. The zero-order valence-corrected chi connectivity index (χ0v) is 18.0. The highest BCUT2D eigenvalue weighted by Gasteiger charge is 2.09. The summed E-state index contributed by atoms with van der Waals surface area (Å²) in [7, 11) is 0. The number of para-hydroxylation sites is 1. The van der Waals surface area contributed by atoms with Crippen molar-refractivity contribution in [1.82, 2.24) is 30.8 Å². The lowest BCUT2D eigenvalue weighted by molar-refractivity contribution is 0.577. The number of nitrogens with zero attached hydrogens (tertiary/aromatic N) is 3. The van der Waals surface area contributed by atoms with Crippen molar-refractivity contribution in [2.75, 3.05) is 19.6 Å². The normalized spacial score (nSPS) is 11.9. The molecule has 162 valence electrons. The Morgan fingerprint density at radius 3 is 2.84 bits per heavy atom. The molecular formula is C23H29N7O. The topological polar surface area (TPSA) is 107 Å². The summed E-state index contributed by atoms with van der Waals surface area (Å²) in [6, 6.07) is 10.2. The lowest BCUT2D eigenvalue weighted by Crippen LogP contribution is -2.38. The van der Waals surface area contributed by atoms with Crippen LogP contribution in [0.1, 0.15) is 30.8 Å². The molecule has 4 aromatic rings. The van der Waals surface area contributed by atoms with Crippen molar-refractivity contribution in [2.45, 2.75) is 33.1 Å². The van der Waals surface area contributed by atoms with Crippen LogP contribution in [-0.2, 0) is 19.3 Å². The van der Waals surface area contributed by atoms with E-state index in [1.165, 1.54) is 22.0 Å². The first-order chi connectivity index (χ1) is 15.3. The number of rotatable bonds is 9. The highest BCUT2D eigenvalue weighted by atomic mass is 16.3. The number of guanidine groups is 1. The molecule has 0 aliphatic carbocycles. The van der Waals surface area contributed by atoms with Crippen molar-refractivity contribution >= 4 is 16.9 Å². The molecular weight excluding hydrogens is 390 g/mol. The van der Waals surface area contributed by atoms with Gasteiger partial charge in [0.15, 0.2) is 11.7 Å². The second-order valence-electron chi connectivity index (χ2n) is 7.28. The van der Waals surface area contributed by atoms with Gasteiger partial charge in [-0.25, -0.2) is 4.98 Å². The first-order valence-corrected chi connectivity index (χ1v) is 10.8. The summed E-state index contributed by atoms with van der Waals surface area (Å²) in [6.07, 6.45) is 6.36. The quantitative estimate of drug-likeness (QED) is 0.246. The molecule has 0 radical (unpaired) electrons. The first-order valence-electron chi connectivity index (χ1n) is 10.8. The van der Waals surface area contributed by atoms with Gasteiger partial charge < -0.3 is 20.0 Å². The Kier molecular flexibility index (Phi) is 6.66. The van der Waals surface area contributed by atoms with Crippen LogP contribution in [0.15, 0.2) is 52.2 Å². The molecule has 8 heteroatoms. The highest BCUT2D eigenvalue weighted by Crippen LogP contribution is 2.22. The number of aliphatic imine (C=N–C) groups is 1. The minimum Gasteiger partial charge on any atom is -0.461 e. The third-order valence-electron chi connectivity index (χ3n) is 5.19. The Morgan fingerprint density at radius 1 is 1.10 bits per heavy atom. The predicted molar refractivity (Wildman–Crippen MR) is 123 cm³/mol. The molecule has 3 heterocycles. The molecule has 0 atom stereocenters. The van der Waals surface area contributed by atoms with Crippen molar-refractivity contribution in [3.63, 3.8) is 0 Å². The standard InChI is InChI=1S/C23H29N7O/c1-3-16-7-5-8-18-17(15-27-21(16)18)10-12-25-23(24-4-2)26-13-11-20-28-22(30-29-20)19-9-6-14-31-19/h5-9,14-15,27H,3-4,10-13H2,1-2H3,(H2,24,25,26)(H,28,29,30). The SMILES string of the molecule is CCNC(=NCCc1nc(-c2ccco2)n[nH]1)NCCc1c[nH]c2c(CC)cccc12. The summed E-state index contributed by atoms with van der Waals surface area (Å²) in [5, 5.41) is 15.2. The monoisotopic (exact) mass is 419 g/mol. The van der Waals surface area contributed by atoms with Crippen LogP contribution in [-0.4, -0.2) is 45.8 Å². The number of hydrogen-bond donors (Lipinski definition) is 4. The zero-order chi connectivity index (χ0) is 21.5. The number of fused-ring (bicyclic) bond motifs is 1. The van der Waals surface area contributed by atoms with E-state index in [0.717, 1.165) is 37.7 Å². The molecule has 0 saturated heterocycles. The average molecular weight is 420 g/mol. The van der Waals surface area contributed by atoms with Gasteiger partial charge in [-0.05, 0) is 43.0 Å². The fraction of sp³-hybridized carbons (Fsp3) is 0.348. The lowest BCUT2D eigenvalue weighted by Gasteiger charge is -2.11. The minimum atomic E-state index is 0.568. The second kappa shape index (κ2) is 9.97. The lowest BCUT2D eigenvalue weighted by atomic mass is 10.1. The molecule has 4 N–H and O–H groups in total. The van der Waals surface area contributed by atoms with Crippen LogP contribution in [0.5, 0.6) is 0 Å². The third-order valence-corrected chi connectivity index (χ3v) is 5.19. The van der Waals surface area contributed by atoms with Crippen LogP contribution in [0, 0.1) is 0 Å². The number of nitrogens with one attached hydrogen (secondary N) is 4. The summed E-state index contributed by atoms with van der Waals surface area (Å²) in [4.78, 5) is 12.6. The highest BCUT2D eigenvalue weighted by molar-refractivity contribution is 5.86. The van der Waals surface area contributed by atoms with Gasteiger partial charge in [0.2, 0.25) is 5.82 Å². The molecule has 1 aromatic carbocycles. The molecule has 0 spiro atoms. The molecule has 0 unspecified atom stereocenters. The van der Waals surface area contributed by atoms with Gasteiger partial charge in [0, 0.05) is 43.2 Å². The van der Waals surface area contributed by atoms with Crippen LogP contribution in [0.3, 0.4) is 0 Å². The largest absolute Gasteiger partial charge is 0.461 e. The number of benzene rings is 1. The van der Waals surface area contributed by atoms with Gasteiger partial charge in [-0.1, -0.05) is 25.1 Å². The molecule has 3 aromatic heterocycles. The van der Waals surface area contributed by atoms with Crippen molar-refractivity contribution < 1.29 is 4.42 Å². The van der Waals surface area contributed by atoms with Gasteiger partial charge in [0.1, 0.15) is 5.82 Å². The average Bonchev–Trinajstić information content (AvgIpc) is 3.54. The summed E-state index contributed by atoms with van der Waals surface area (Å²) in [5.41, 5.74) is 3.93. The molecule has 31 heavy (non-hydrogen) atoms. The Labute approximate surface area is 181 Å². The number of H-pyrrole nitrogens is 2.